The van der Waals surface area contributed by atoms with E-state index in [0.717, 1.165) is 0 Å². The summed E-state index contributed by atoms with van der Waals surface area (Å²) in [5.74, 6) is -6.94. The number of fused-ring (bicyclic) bond motifs is 4. The number of ketones is 1. The van der Waals surface area contributed by atoms with Gasteiger partial charge in [0.15, 0.2) is 28.8 Å². The van der Waals surface area contributed by atoms with E-state index >= 15 is 0 Å². The highest BCUT2D eigenvalue weighted by Crippen LogP contribution is 2.70. The van der Waals surface area contributed by atoms with Crippen molar-refractivity contribution in [3.63, 3.8) is 0 Å². The quantitative estimate of drug-likeness (QED) is 0.0660. The predicted molar refractivity (Wildman–Crippen MR) is 277 cm³/mol. The molecule has 0 heterocycles. The Morgan fingerprint density at radius 1 is 0.400 bits per heavy atom. The number of carbonyl (C=O) groups is 6. The number of rotatable bonds is 13. The molecule has 12 nitrogen and oxygen atoms in total. The molecule has 0 radical (unpaired) electrons. The maximum atomic E-state index is 14.7. The van der Waals surface area contributed by atoms with Crippen molar-refractivity contribution in [3.8, 4) is 34.5 Å². The van der Waals surface area contributed by atoms with Gasteiger partial charge in [-0.1, -0.05) is 142 Å². The van der Waals surface area contributed by atoms with Crippen molar-refractivity contribution in [1.29, 1.82) is 0 Å². The summed E-state index contributed by atoms with van der Waals surface area (Å²) in [5.41, 5.74) is -1.37. The van der Waals surface area contributed by atoms with Crippen molar-refractivity contribution in [2.24, 2.45) is 0 Å². The standard InChI is InChI=1S/C63H48O12/c1-61(2)37-63(50-45(61)34-48(71-56(66)40-24-12-5-13-25-40)53(52(50)65)73-58(68)42-28-16-7-17-29-42)38-62(3,36-47(64)39-22-10-4-11-23-39)46-35-49(72-57(67)41-26-14-6-15-27-41)54(74-59(69)43-30-18-8-19-31-43)55(51(46)63)75-60(70)44-32-20-9-21-33-44/h4-35,65H,36-38H2,1-3H3. The summed E-state index contributed by atoms with van der Waals surface area (Å²) < 4.78 is 31.3. The lowest BCUT2D eigenvalue weighted by Gasteiger charge is -2.33. The molecule has 1 spiro atoms. The molecule has 1 N–H and O–H groups in total. The summed E-state index contributed by atoms with van der Waals surface area (Å²) in [7, 11) is 0. The van der Waals surface area contributed by atoms with Crippen LogP contribution in [-0.4, -0.2) is 40.7 Å². The fraction of sp³-hybridized carbons (Fsp3) is 0.143. The second-order valence-corrected chi connectivity index (χ2v) is 19.6. The summed E-state index contributed by atoms with van der Waals surface area (Å²) in [6.45, 7) is 5.70. The van der Waals surface area contributed by atoms with Crippen LogP contribution in [-0.2, 0) is 16.2 Å². The minimum absolute atomic E-state index is 0.0190. The lowest BCUT2D eigenvalue weighted by Crippen LogP contribution is -2.30. The van der Waals surface area contributed by atoms with Crippen LogP contribution >= 0.6 is 0 Å². The van der Waals surface area contributed by atoms with Gasteiger partial charge in [-0.15, -0.1) is 0 Å². The molecule has 0 fully saturated rings. The number of hydrogen-bond acceptors (Lipinski definition) is 12. The molecule has 8 aromatic rings. The summed E-state index contributed by atoms with van der Waals surface area (Å²) in [6, 6.07) is 52.4. The van der Waals surface area contributed by atoms with Crippen LogP contribution in [0.5, 0.6) is 34.5 Å². The lowest BCUT2D eigenvalue weighted by molar-refractivity contribution is 0.0655. The van der Waals surface area contributed by atoms with Crippen LogP contribution in [0, 0.1) is 0 Å². The Bertz CT molecular complexity index is 3530. The second kappa shape index (κ2) is 19.9. The molecular formula is C63H48O12. The Morgan fingerprint density at radius 3 is 1.15 bits per heavy atom. The van der Waals surface area contributed by atoms with Gasteiger partial charge in [-0.25, -0.2) is 24.0 Å². The maximum Gasteiger partial charge on any atom is 0.343 e. The number of aromatic hydroxyl groups is 1. The van der Waals surface area contributed by atoms with Gasteiger partial charge in [-0.3, -0.25) is 4.79 Å². The average molecular weight is 997 g/mol. The first-order chi connectivity index (χ1) is 36.2. The highest BCUT2D eigenvalue weighted by molar-refractivity contribution is 5.99. The van der Waals surface area contributed by atoms with Gasteiger partial charge in [0, 0.05) is 33.9 Å². The SMILES string of the molecule is CC1(C)CC2(CC(C)(CC(=O)c3ccccc3)c3cc(OC(=O)c4ccccc4)c(OC(=O)c4ccccc4)c(OC(=O)c4ccccc4)c32)c2c1cc(OC(=O)c1ccccc1)c(OC(=O)c1ccccc1)c2O. The molecule has 2 aliphatic carbocycles. The molecule has 0 bridgehead atoms. The van der Waals surface area contributed by atoms with Gasteiger partial charge in [0.05, 0.1) is 27.8 Å². The van der Waals surface area contributed by atoms with Crippen LogP contribution < -0.4 is 23.7 Å². The van der Waals surface area contributed by atoms with Gasteiger partial charge >= 0.3 is 29.8 Å². The van der Waals surface area contributed by atoms with E-state index in [0.29, 0.717) is 16.7 Å². The maximum absolute atomic E-state index is 14.7. The normalized spacial score (nSPS) is 16.7. The molecular weight excluding hydrogens is 949 g/mol. The molecule has 0 saturated heterocycles. The van der Waals surface area contributed by atoms with Crippen LogP contribution in [0.25, 0.3) is 0 Å². The molecule has 0 aromatic heterocycles. The van der Waals surface area contributed by atoms with E-state index in [1.54, 1.807) is 164 Å². The largest absolute Gasteiger partial charge is 0.504 e. The zero-order chi connectivity index (χ0) is 52.5. The van der Waals surface area contributed by atoms with Crippen molar-refractivity contribution in [3.05, 3.63) is 250 Å². The monoisotopic (exact) mass is 996 g/mol. The highest BCUT2D eigenvalue weighted by Gasteiger charge is 2.62. The fourth-order valence-electron chi connectivity index (χ4n) is 10.7. The Balaban J connectivity index is 1.28. The minimum Gasteiger partial charge on any atom is -0.504 e. The summed E-state index contributed by atoms with van der Waals surface area (Å²) in [5, 5.41) is 13.2. The van der Waals surface area contributed by atoms with E-state index < -0.39 is 63.3 Å². The van der Waals surface area contributed by atoms with Crippen LogP contribution in [0.2, 0.25) is 0 Å². The number of benzene rings is 8. The topological polar surface area (TPSA) is 169 Å². The minimum atomic E-state index is -1.51. The third kappa shape index (κ3) is 9.45. The summed E-state index contributed by atoms with van der Waals surface area (Å²) >= 11 is 0. The smallest absolute Gasteiger partial charge is 0.343 e. The molecule has 0 aliphatic heterocycles. The second-order valence-electron chi connectivity index (χ2n) is 19.6. The molecule has 8 aromatic carbocycles. The third-order valence-electron chi connectivity index (χ3n) is 13.9. The van der Waals surface area contributed by atoms with Crippen LogP contribution in [0.4, 0.5) is 0 Å². The van der Waals surface area contributed by atoms with Gasteiger partial charge < -0.3 is 28.8 Å². The lowest BCUT2D eigenvalue weighted by atomic mass is 9.70. The zero-order valence-corrected chi connectivity index (χ0v) is 41.0. The van der Waals surface area contributed by atoms with Gasteiger partial charge in [0.2, 0.25) is 11.5 Å². The number of phenols is 1. The van der Waals surface area contributed by atoms with Crippen LogP contribution in [0.15, 0.2) is 194 Å². The Hall–Kier alpha value is -9.42. The van der Waals surface area contributed by atoms with E-state index in [1.807, 2.05) is 20.8 Å². The van der Waals surface area contributed by atoms with E-state index in [-0.39, 0.29) is 81.2 Å². The van der Waals surface area contributed by atoms with Crippen molar-refractivity contribution < 1.29 is 57.6 Å². The van der Waals surface area contributed by atoms with Crippen molar-refractivity contribution >= 4 is 35.6 Å². The molecule has 75 heavy (non-hydrogen) atoms. The first-order valence-electron chi connectivity index (χ1n) is 24.2. The summed E-state index contributed by atoms with van der Waals surface area (Å²) in [4.78, 5) is 86.1. The van der Waals surface area contributed by atoms with Crippen molar-refractivity contribution in [2.45, 2.75) is 56.3 Å². The first-order valence-corrected chi connectivity index (χ1v) is 24.2. The Kier molecular flexibility index (Phi) is 13.0. The molecule has 0 amide bonds. The average Bonchev–Trinajstić information content (AvgIpc) is 3.81. The van der Waals surface area contributed by atoms with Gasteiger partial charge in [-0.2, -0.15) is 0 Å². The van der Waals surface area contributed by atoms with E-state index in [2.05, 4.69) is 0 Å². The predicted octanol–water partition coefficient (Wildman–Crippen LogP) is 12.4. The molecule has 2 aliphatic rings. The van der Waals surface area contributed by atoms with Crippen LogP contribution in [0.1, 0.15) is 124 Å². The highest BCUT2D eigenvalue weighted by atomic mass is 16.6. The van der Waals surface area contributed by atoms with Crippen molar-refractivity contribution in [1.82, 2.24) is 0 Å². The third-order valence-corrected chi connectivity index (χ3v) is 13.9. The van der Waals surface area contributed by atoms with E-state index in [9.17, 15) is 33.9 Å². The number of hydrogen-bond donors (Lipinski definition) is 1. The Labute approximate surface area is 432 Å². The summed E-state index contributed by atoms with van der Waals surface area (Å²) in [6.07, 6.45) is -0.0182. The van der Waals surface area contributed by atoms with Crippen molar-refractivity contribution in [2.75, 3.05) is 0 Å². The number of Topliss-reactive ketones (excluding diaryl/α,β-unsaturated/α-hetero) is 1. The Morgan fingerprint density at radius 2 is 0.733 bits per heavy atom. The van der Waals surface area contributed by atoms with E-state index in [4.69, 9.17) is 23.7 Å². The molecule has 2 unspecified atom stereocenters. The van der Waals surface area contributed by atoms with E-state index in [1.165, 1.54) is 30.3 Å². The molecule has 0 saturated carbocycles. The first kappa shape index (κ1) is 49.2. The molecule has 2 atom stereocenters. The van der Waals surface area contributed by atoms with Gasteiger partial charge in [-0.05, 0) is 102 Å². The molecule has 10 rings (SSSR count). The zero-order valence-electron chi connectivity index (χ0n) is 41.0. The number of phenolic OH excluding ortho intramolecular Hbond substituents is 1. The number of esters is 5. The molecule has 372 valence electrons. The van der Waals surface area contributed by atoms with Gasteiger partial charge in [0.1, 0.15) is 0 Å². The number of ether oxygens (including phenoxy) is 5. The van der Waals surface area contributed by atoms with Crippen LogP contribution in [0.3, 0.4) is 0 Å². The van der Waals surface area contributed by atoms with Gasteiger partial charge in [0.25, 0.3) is 0 Å². The fourth-order valence-corrected chi connectivity index (χ4v) is 10.7. The molecule has 12 heteroatoms. The number of carbonyl (C=O) groups excluding carboxylic acids is 6.